The first-order valence-electron chi connectivity index (χ1n) is 7.51. The van der Waals surface area contributed by atoms with E-state index in [-0.39, 0.29) is 17.9 Å². The highest BCUT2D eigenvalue weighted by molar-refractivity contribution is 6.33. The third-order valence-electron chi connectivity index (χ3n) is 3.92. The summed E-state index contributed by atoms with van der Waals surface area (Å²) in [6.45, 7) is 3.63. The lowest BCUT2D eigenvalue weighted by Gasteiger charge is -2.30. The fourth-order valence-corrected chi connectivity index (χ4v) is 2.69. The van der Waals surface area contributed by atoms with Crippen molar-refractivity contribution >= 4 is 23.4 Å². The van der Waals surface area contributed by atoms with Crippen molar-refractivity contribution in [3.05, 3.63) is 34.9 Å². The number of carbonyl (C=O) groups is 2. The maximum absolute atomic E-state index is 12.2. The Labute approximate surface area is 136 Å². The maximum atomic E-state index is 12.2. The summed E-state index contributed by atoms with van der Waals surface area (Å²) in [5, 5.41) is 6.06. The van der Waals surface area contributed by atoms with E-state index in [2.05, 4.69) is 22.6 Å². The highest BCUT2D eigenvalue weighted by atomic mass is 35.5. The first-order chi connectivity index (χ1) is 10.5. The summed E-state index contributed by atoms with van der Waals surface area (Å²) in [6, 6.07) is 6.38. The van der Waals surface area contributed by atoms with Crippen LogP contribution >= 0.6 is 11.6 Å². The van der Waals surface area contributed by atoms with E-state index in [1.807, 2.05) is 0 Å². The predicted molar refractivity (Wildman–Crippen MR) is 87.0 cm³/mol. The van der Waals surface area contributed by atoms with E-state index < -0.39 is 6.04 Å². The van der Waals surface area contributed by atoms with Crippen LogP contribution in [0.3, 0.4) is 0 Å². The van der Waals surface area contributed by atoms with Crippen molar-refractivity contribution in [3.63, 3.8) is 0 Å². The molecule has 0 radical (unpaired) electrons. The molecule has 1 aliphatic heterocycles. The van der Waals surface area contributed by atoms with Gasteiger partial charge in [-0.1, -0.05) is 23.7 Å². The molecule has 1 saturated heterocycles. The standard InChI is InChI=1S/C16H22ClN3O2/c1-11(15(21)19-12-7-9-20(2)10-8-12)18-16(22)13-5-3-4-6-14(13)17/h3-6,11-12H,7-10H2,1-2H3,(H,18,22)(H,19,21). The summed E-state index contributed by atoms with van der Waals surface area (Å²) in [5.74, 6) is -0.494. The first kappa shape index (κ1) is 16.8. The van der Waals surface area contributed by atoms with Crippen LogP contribution in [0.15, 0.2) is 24.3 Å². The Morgan fingerprint density at radius 1 is 1.27 bits per heavy atom. The Balaban J connectivity index is 1.86. The molecule has 0 bridgehead atoms. The summed E-state index contributed by atoms with van der Waals surface area (Å²) in [6.07, 6.45) is 1.88. The Kier molecular flexibility index (Phi) is 5.80. The van der Waals surface area contributed by atoms with Crippen molar-refractivity contribution < 1.29 is 9.59 Å². The fraction of sp³-hybridized carbons (Fsp3) is 0.500. The molecule has 1 aromatic carbocycles. The zero-order valence-electron chi connectivity index (χ0n) is 12.9. The lowest BCUT2D eigenvalue weighted by Crippen LogP contribution is -2.50. The van der Waals surface area contributed by atoms with Gasteiger partial charge in [-0.2, -0.15) is 0 Å². The number of nitrogens with zero attached hydrogens (tertiary/aromatic N) is 1. The molecule has 1 atom stereocenters. The first-order valence-corrected chi connectivity index (χ1v) is 7.89. The second-order valence-electron chi connectivity index (χ2n) is 5.76. The van der Waals surface area contributed by atoms with Crippen LogP contribution in [0.4, 0.5) is 0 Å². The van der Waals surface area contributed by atoms with Crippen LogP contribution in [-0.2, 0) is 4.79 Å². The fourth-order valence-electron chi connectivity index (χ4n) is 2.46. The second kappa shape index (κ2) is 7.61. The number of likely N-dealkylation sites (tertiary alicyclic amines) is 1. The van der Waals surface area contributed by atoms with Gasteiger partial charge in [-0.3, -0.25) is 9.59 Å². The van der Waals surface area contributed by atoms with E-state index in [1.54, 1.807) is 31.2 Å². The largest absolute Gasteiger partial charge is 0.351 e. The van der Waals surface area contributed by atoms with Crippen LogP contribution in [-0.4, -0.2) is 48.9 Å². The quantitative estimate of drug-likeness (QED) is 0.886. The minimum absolute atomic E-state index is 0.157. The molecule has 1 aliphatic rings. The molecule has 0 saturated carbocycles. The Morgan fingerprint density at radius 2 is 1.91 bits per heavy atom. The van der Waals surface area contributed by atoms with Gasteiger partial charge in [-0.25, -0.2) is 0 Å². The Hall–Kier alpha value is -1.59. The monoisotopic (exact) mass is 323 g/mol. The lowest BCUT2D eigenvalue weighted by atomic mass is 10.1. The predicted octanol–water partition coefficient (Wildman–Crippen LogP) is 1.67. The molecule has 120 valence electrons. The molecule has 1 heterocycles. The summed E-state index contributed by atoms with van der Waals surface area (Å²) >= 11 is 5.99. The number of halogens is 1. The van der Waals surface area contributed by atoms with Crippen LogP contribution in [0.1, 0.15) is 30.1 Å². The van der Waals surface area contributed by atoms with Crippen molar-refractivity contribution in [1.82, 2.24) is 15.5 Å². The zero-order chi connectivity index (χ0) is 16.1. The van der Waals surface area contributed by atoms with E-state index >= 15 is 0 Å². The number of carbonyl (C=O) groups excluding carboxylic acids is 2. The molecule has 0 spiro atoms. The molecule has 1 unspecified atom stereocenters. The van der Waals surface area contributed by atoms with Gasteiger partial charge in [-0.15, -0.1) is 0 Å². The van der Waals surface area contributed by atoms with Crippen molar-refractivity contribution in [2.45, 2.75) is 31.8 Å². The molecule has 0 aliphatic carbocycles. The van der Waals surface area contributed by atoms with Crippen molar-refractivity contribution in [2.24, 2.45) is 0 Å². The van der Waals surface area contributed by atoms with Gasteiger partial charge in [0.1, 0.15) is 6.04 Å². The van der Waals surface area contributed by atoms with Crippen molar-refractivity contribution in [2.75, 3.05) is 20.1 Å². The van der Waals surface area contributed by atoms with Gasteiger partial charge in [-0.05, 0) is 52.0 Å². The number of rotatable bonds is 4. The SMILES string of the molecule is CC(NC(=O)c1ccccc1Cl)C(=O)NC1CCN(C)CC1. The van der Waals surface area contributed by atoms with Crippen LogP contribution in [0.2, 0.25) is 5.02 Å². The number of amides is 2. The summed E-state index contributed by atoms with van der Waals surface area (Å²) < 4.78 is 0. The van der Waals surface area contributed by atoms with Gasteiger partial charge in [0.2, 0.25) is 5.91 Å². The second-order valence-corrected chi connectivity index (χ2v) is 6.17. The van der Waals surface area contributed by atoms with Crippen LogP contribution < -0.4 is 10.6 Å². The van der Waals surface area contributed by atoms with Gasteiger partial charge in [0.25, 0.3) is 5.91 Å². The average Bonchev–Trinajstić information content (AvgIpc) is 2.49. The summed E-state index contributed by atoms with van der Waals surface area (Å²) in [5.41, 5.74) is 0.378. The van der Waals surface area contributed by atoms with E-state index in [0.717, 1.165) is 25.9 Å². The van der Waals surface area contributed by atoms with Gasteiger partial charge < -0.3 is 15.5 Å². The van der Waals surface area contributed by atoms with Gasteiger partial charge in [0.15, 0.2) is 0 Å². The van der Waals surface area contributed by atoms with Crippen LogP contribution in [0, 0.1) is 0 Å². The summed E-state index contributed by atoms with van der Waals surface area (Å²) in [4.78, 5) is 26.5. The van der Waals surface area contributed by atoms with Gasteiger partial charge in [0, 0.05) is 6.04 Å². The van der Waals surface area contributed by atoms with Crippen LogP contribution in [0.5, 0.6) is 0 Å². The van der Waals surface area contributed by atoms with E-state index in [1.165, 1.54) is 0 Å². The van der Waals surface area contributed by atoms with E-state index in [9.17, 15) is 9.59 Å². The third-order valence-corrected chi connectivity index (χ3v) is 4.25. The normalized spacial score (nSPS) is 17.8. The van der Waals surface area contributed by atoms with E-state index in [4.69, 9.17) is 11.6 Å². The Bertz CT molecular complexity index is 542. The molecular formula is C16H22ClN3O2. The van der Waals surface area contributed by atoms with Crippen LogP contribution in [0.25, 0.3) is 0 Å². The van der Waals surface area contributed by atoms with Gasteiger partial charge in [0.05, 0.1) is 10.6 Å². The van der Waals surface area contributed by atoms with Gasteiger partial charge >= 0.3 is 0 Å². The smallest absolute Gasteiger partial charge is 0.253 e. The minimum atomic E-state index is -0.594. The molecule has 22 heavy (non-hydrogen) atoms. The molecular weight excluding hydrogens is 302 g/mol. The molecule has 1 fully saturated rings. The number of hydrogen-bond donors (Lipinski definition) is 2. The molecule has 5 nitrogen and oxygen atoms in total. The molecule has 2 rings (SSSR count). The number of hydrogen-bond acceptors (Lipinski definition) is 3. The Morgan fingerprint density at radius 3 is 2.55 bits per heavy atom. The zero-order valence-corrected chi connectivity index (χ0v) is 13.7. The van der Waals surface area contributed by atoms with Crippen molar-refractivity contribution in [1.29, 1.82) is 0 Å². The minimum Gasteiger partial charge on any atom is -0.351 e. The van der Waals surface area contributed by atoms with E-state index in [0.29, 0.717) is 10.6 Å². The maximum Gasteiger partial charge on any atom is 0.253 e. The topological polar surface area (TPSA) is 61.4 Å². The highest BCUT2D eigenvalue weighted by Crippen LogP contribution is 2.14. The average molecular weight is 324 g/mol. The molecule has 1 aromatic rings. The molecule has 6 heteroatoms. The number of piperidine rings is 1. The van der Waals surface area contributed by atoms with Crippen molar-refractivity contribution in [3.8, 4) is 0 Å². The molecule has 2 amide bonds. The lowest BCUT2D eigenvalue weighted by molar-refractivity contribution is -0.123. The highest BCUT2D eigenvalue weighted by Gasteiger charge is 2.23. The third kappa shape index (κ3) is 4.45. The number of benzene rings is 1. The summed E-state index contributed by atoms with van der Waals surface area (Å²) in [7, 11) is 2.07. The molecule has 2 N–H and O–H groups in total. The number of nitrogens with one attached hydrogen (secondary N) is 2. The molecule has 0 aromatic heterocycles.